The minimum atomic E-state index is -0.773. The number of hydrogen-bond acceptors (Lipinski definition) is 10. The number of carbonyl (C=O) groups is 3. The first-order valence-corrected chi connectivity index (χ1v) is 10.3. The van der Waals surface area contributed by atoms with E-state index in [0.29, 0.717) is 62.4 Å². The zero-order valence-electron chi connectivity index (χ0n) is 18.6. The third-order valence-electron chi connectivity index (χ3n) is 4.24. The number of carbonyl (C=O) groups excluding carboxylic acids is 3. The van der Waals surface area contributed by atoms with Gasteiger partial charge in [-0.05, 0) is 6.07 Å². The molecule has 2 aromatic rings. The lowest BCUT2D eigenvalue weighted by molar-refractivity contribution is -0.157. The monoisotopic (exact) mass is 467 g/mol. The van der Waals surface area contributed by atoms with E-state index >= 15 is 0 Å². The maximum absolute atomic E-state index is 12.2. The van der Waals surface area contributed by atoms with E-state index in [4.69, 9.17) is 33.2 Å². The van der Waals surface area contributed by atoms with E-state index in [0.717, 1.165) is 0 Å². The summed E-state index contributed by atoms with van der Waals surface area (Å²) in [6, 6.07) is 6.89. The summed E-state index contributed by atoms with van der Waals surface area (Å²) in [6.45, 7) is 2.46. The van der Waals surface area contributed by atoms with Crippen molar-refractivity contribution in [3.8, 4) is 0 Å². The largest absolute Gasteiger partial charge is 0.426 e. The van der Waals surface area contributed by atoms with Crippen molar-refractivity contribution in [2.24, 2.45) is 0 Å². The highest BCUT2D eigenvalue weighted by atomic mass is 16.7. The predicted octanol–water partition coefficient (Wildman–Crippen LogP) is 1.65. The van der Waals surface area contributed by atoms with Gasteiger partial charge in [-0.15, -0.1) is 0 Å². The number of benzene rings is 1. The molecule has 0 amide bonds. The zero-order valence-corrected chi connectivity index (χ0v) is 18.6. The Morgan fingerprint density at radius 3 is 2.09 bits per heavy atom. The molecular formula is C22H29NO10. The number of fused-ring (bicyclic) bond motifs is 1. The molecule has 33 heavy (non-hydrogen) atoms. The molecule has 182 valence electrons. The van der Waals surface area contributed by atoms with Crippen molar-refractivity contribution in [3.05, 3.63) is 36.0 Å². The van der Waals surface area contributed by atoms with Crippen LogP contribution in [0.25, 0.3) is 10.9 Å². The van der Waals surface area contributed by atoms with Crippen molar-refractivity contribution in [1.29, 1.82) is 0 Å². The molecule has 0 spiro atoms. The van der Waals surface area contributed by atoms with E-state index in [2.05, 4.69) is 0 Å². The van der Waals surface area contributed by atoms with Crippen LogP contribution in [0.2, 0.25) is 0 Å². The van der Waals surface area contributed by atoms with E-state index < -0.39 is 18.9 Å². The molecule has 0 saturated carbocycles. The standard InChI is InChI=1S/C22H29NO10/c1-27-6-7-28-8-9-29-10-11-30-12-13-31-16-21(25)32-17-33-22(26)23-14-18(15-24)19-4-2-3-5-20(19)23/h2-5,14-15H,6-13,16-17H2,1H3. The summed E-state index contributed by atoms with van der Waals surface area (Å²) < 4.78 is 36.8. The van der Waals surface area contributed by atoms with Crippen molar-refractivity contribution >= 4 is 29.3 Å². The van der Waals surface area contributed by atoms with Gasteiger partial charge >= 0.3 is 12.1 Å². The molecule has 0 unspecified atom stereocenters. The zero-order chi connectivity index (χ0) is 23.7. The minimum Gasteiger partial charge on any atom is -0.426 e. The Hall–Kier alpha value is -2.83. The minimum absolute atomic E-state index is 0.193. The third-order valence-corrected chi connectivity index (χ3v) is 4.24. The van der Waals surface area contributed by atoms with E-state index in [1.54, 1.807) is 31.4 Å². The van der Waals surface area contributed by atoms with Gasteiger partial charge in [0, 0.05) is 24.3 Å². The van der Waals surface area contributed by atoms with Crippen LogP contribution in [0, 0.1) is 0 Å². The van der Waals surface area contributed by atoms with E-state index in [-0.39, 0.29) is 19.8 Å². The average Bonchev–Trinajstić information content (AvgIpc) is 3.21. The summed E-state index contributed by atoms with van der Waals surface area (Å²) in [5.41, 5.74) is 0.869. The van der Waals surface area contributed by atoms with Gasteiger partial charge in [-0.3, -0.25) is 9.36 Å². The fourth-order valence-corrected chi connectivity index (χ4v) is 2.67. The van der Waals surface area contributed by atoms with Crippen molar-refractivity contribution in [2.75, 3.05) is 73.4 Å². The van der Waals surface area contributed by atoms with Crippen LogP contribution < -0.4 is 0 Å². The second-order valence-electron chi connectivity index (χ2n) is 6.52. The van der Waals surface area contributed by atoms with Crippen LogP contribution in [0.5, 0.6) is 0 Å². The summed E-state index contributed by atoms with van der Waals surface area (Å²) in [5, 5.41) is 0.621. The molecule has 1 aromatic heterocycles. The number of ether oxygens (including phenoxy) is 7. The fraction of sp³-hybridized carbons (Fsp3) is 0.500. The number of esters is 1. The van der Waals surface area contributed by atoms with Crippen LogP contribution >= 0.6 is 0 Å². The van der Waals surface area contributed by atoms with Crippen molar-refractivity contribution in [3.63, 3.8) is 0 Å². The summed E-state index contributed by atoms with van der Waals surface area (Å²) in [7, 11) is 1.61. The number of aldehydes is 1. The highest BCUT2D eigenvalue weighted by Gasteiger charge is 2.14. The van der Waals surface area contributed by atoms with Crippen LogP contribution in [-0.4, -0.2) is 96.3 Å². The molecule has 0 atom stereocenters. The molecule has 11 heteroatoms. The number of nitrogens with zero attached hydrogens (tertiary/aromatic N) is 1. The van der Waals surface area contributed by atoms with Crippen molar-refractivity contribution in [1.82, 2.24) is 4.57 Å². The summed E-state index contributed by atoms with van der Waals surface area (Å²) in [6.07, 6.45) is 1.25. The molecule has 1 heterocycles. The highest BCUT2D eigenvalue weighted by Crippen LogP contribution is 2.20. The van der Waals surface area contributed by atoms with Crippen LogP contribution in [0.1, 0.15) is 10.4 Å². The summed E-state index contributed by atoms with van der Waals surface area (Å²) >= 11 is 0. The Labute approximate surface area is 191 Å². The molecular weight excluding hydrogens is 438 g/mol. The number of methoxy groups -OCH3 is 1. The molecule has 0 radical (unpaired) electrons. The molecule has 11 nitrogen and oxygen atoms in total. The predicted molar refractivity (Wildman–Crippen MR) is 115 cm³/mol. The SMILES string of the molecule is COCCOCCOCCOCCOCC(=O)OCOC(=O)n1cc(C=O)c2ccccc21. The smallest absolute Gasteiger partial charge is 0.421 e. The lowest BCUT2D eigenvalue weighted by Crippen LogP contribution is -2.20. The first kappa shape index (κ1) is 26.4. The molecule has 0 saturated heterocycles. The number of rotatable bonds is 17. The quantitative estimate of drug-likeness (QED) is 0.147. The van der Waals surface area contributed by atoms with Gasteiger partial charge in [0.15, 0.2) is 6.29 Å². The Morgan fingerprint density at radius 1 is 0.848 bits per heavy atom. The van der Waals surface area contributed by atoms with Crippen LogP contribution in [0.15, 0.2) is 30.5 Å². The average molecular weight is 467 g/mol. The summed E-state index contributed by atoms with van der Waals surface area (Å²) in [4.78, 5) is 35.0. The molecule has 0 aliphatic carbocycles. The van der Waals surface area contributed by atoms with Gasteiger partial charge in [-0.2, -0.15) is 0 Å². The highest BCUT2D eigenvalue weighted by molar-refractivity contribution is 6.01. The van der Waals surface area contributed by atoms with Gasteiger partial charge in [-0.1, -0.05) is 18.2 Å². The summed E-state index contributed by atoms with van der Waals surface area (Å²) in [5.74, 6) is -0.689. The Balaban J connectivity index is 1.49. The fourth-order valence-electron chi connectivity index (χ4n) is 2.67. The Morgan fingerprint density at radius 2 is 1.45 bits per heavy atom. The van der Waals surface area contributed by atoms with E-state index in [1.807, 2.05) is 0 Å². The number of hydrogen-bond donors (Lipinski definition) is 0. The van der Waals surface area contributed by atoms with Crippen molar-refractivity contribution < 1.29 is 47.5 Å². The number of para-hydroxylation sites is 1. The molecule has 1 aromatic carbocycles. The third kappa shape index (κ3) is 9.68. The van der Waals surface area contributed by atoms with Crippen LogP contribution in [0.3, 0.4) is 0 Å². The molecule has 0 aliphatic rings. The van der Waals surface area contributed by atoms with Gasteiger partial charge < -0.3 is 33.2 Å². The first-order chi connectivity index (χ1) is 16.2. The van der Waals surface area contributed by atoms with E-state index in [1.165, 1.54) is 10.8 Å². The lowest BCUT2D eigenvalue weighted by Gasteiger charge is -2.08. The van der Waals surface area contributed by atoms with Gasteiger partial charge in [0.05, 0.1) is 58.4 Å². The second kappa shape index (κ2) is 15.9. The Bertz CT molecular complexity index is 866. The number of aromatic nitrogens is 1. The van der Waals surface area contributed by atoms with E-state index in [9.17, 15) is 14.4 Å². The van der Waals surface area contributed by atoms with Gasteiger partial charge in [-0.25, -0.2) is 9.59 Å². The molecule has 0 aliphatic heterocycles. The molecule has 0 fully saturated rings. The second-order valence-corrected chi connectivity index (χ2v) is 6.52. The maximum atomic E-state index is 12.2. The van der Waals surface area contributed by atoms with Gasteiger partial charge in [0.25, 0.3) is 0 Å². The first-order valence-electron chi connectivity index (χ1n) is 10.3. The lowest BCUT2D eigenvalue weighted by atomic mass is 10.2. The topological polar surface area (TPSA) is 121 Å². The van der Waals surface area contributed by atoms with Crippen molar-refractivity contribution in [2.45, 2.75) is 0 Å². The van der Waals surface area contributed by atoms with Gasteiger partial charge in [0.1, 0.15) is 6.61 Å². The Kier molecular flexibility index (Phi) is 12.7. The normalized spacial score (nSPS) is 10.9. The van der Waals surface area contributed by atoms with Gasteiger partial charge in [0.2, 0.25) is 6.79 Å². The maximum Gasteiger partial charge on any atom is 0.421 e. The molecule has 0 bridgehead atoms. The van der Waals surface area contributed by atoms with Crippen LogP contribution in [-0.2, 0) is 38.0 Å². The molecule has 0 N–H and O–H groups in total. The molecule has 2 rings (SSSR count). The van der Waals surface area contributed by atoms with Crippen LogP contribution in [0.4, 0.5) is 4.79 Å².